The molecular weight excluding hydrogens is 232 g/mol. The molecule has 0 amide bonds. The fraction of sp³-hybridized carbons (Fsp3) is 0.556. The summed E-state index contributed by atoms with van der Waals surface area (Å²) in [6, 6.07) is 3.43. The summed E-state index contributed by atoms with van der Waals surface area (Å²) in [6.07, 6.45) is 0.642. The van der Waals surface area contributed by atoms with Crippen LogP contribution in [-0.2, 0) is 10.0 Å². The van der Waals surface area contributed by atoms with Crippen molar-refractivity contribution in [2.75, 3.05) is 6.54 Å². The van der Waals surface area contributed by atoms with Crippen molar-refractivity contribution in [1.29, 1.82) is 0 Å². The number of hydrogen-bond donors (Lipinski definition) is 2. The summed E-state index contributed by atoms with van der Waals surface area (Å²) in [5.74, 6) is 0. The van der Waals surface area contributed by atoms with E-state index in [1.165, 1.54) is 11.3 Å². The van der Waals surface area contributed by atoms with Gasteiger partial charge >= 0.3 is 0 Å². The average molecular weight is 248 g/mol. The largest absolute Gasteiger partial charge is 0.328 e. The Bertz CT molecular complexity index is 410. The minimum absolute atomic E-state index is 0.0118. The molecule has 0 aliphatic heterocycles. The van der Waals surface area contributed by atoms with Gasteiger partial charge in [-0.3, -0.25) is 0 Å². The summed E-state index contributed by atoms with van der Waals surface area (Å²) in [5.41, 5.74) is 5.53. The lowest BCUT2D eigenvalue weighted by Gasteiger charge is -2.06. The molecule has 0 aliphatic rings. The summed E-state index contributed by atoms with van der Waals surface area (Å²) >= 11 is 1.27. The normalized spacial score (nSPS) is 14.1. The lowest BCUT2D eigenvalue weighted by molar-refractivity contribution is 0.574. The highest BCUT2D eigenvalue weighted by Gasteiger charge is 2.15. The predicted octanol–water partition coefficient (Wildman–Crippen LogP) is 1.07. The molecule has 3 N–H and O–H groups in total. The number of sulfonamides is 1. The molecule has 1 unspecified atom stereocenters. The van der Waals surface area contributed by atoms with Crippen LogP contribution in [0.5, 0.6) is 0 Å². The Morgan fingerprint density at radius 3 is 2.67 bits per heavy atom. The van der Waals surface area contributed by atoms with Crippen molar-refractivity contribution in [2.45, 2.75) is 30.5 Å². The Labute approximate surface area is 94.5 Å². The summed E-state index contributed by atoms with van der Waals surface area (Å²) in [4.78, 5) is 0.988. The molecule has 0 fully saturated rings. The summed E-state index contributed by atoms with van der Waals surface area (Å²) < 4.78 is 26.3. The molecular formula is C9H16N2O2S2. The second kappa shape index (κ2) is 5.07. The Morgan fingerprint density at radius 1 is 1.53 bits per heavy atom. The zero-order chi connectivity index (χ0) is 11.5. The third-order valence-electron chi connectivity index (χ3n) is 1.87. The van der Waals surface area contributed by atoms with Crippen LogP contribution in [-0.4, -0.2) is 21.0 Å². The molecule has 1 aromatic heterocycles. The van der Waals surface area contributed by atoms with Gasteiger partial charge in [0.05, 0.1) is 0 Å². The Morgan fingerprint density at radius 2 is 2.20 bits per heavy atom. The molecule has 1 heterocycles. The van der Waals surface area contributed by atoms with Gasteiger partial charge < -0.3 is 5.73 Å². The first-order chi connectivity index (χ1) is 6.92. The molecule has 6 heteroatoms. The van der Waals surface area contributed by atoms with Crippen LogP contribution in [0.3, 0.4) is 0 Å². The molecule has 0 saturated carbocycles. The predicted molar refractivity (Wildman–Crippen MR) is 62.5 cm³/mol. The van der Waals surface area contributed by atoms with Crippen molar-refractivity contribution >= 4 is 21.4 Å². The van der Waals surface area contributed by atoms with Gasteiger partial charge in [0.15, 0.2) is 0 Å². The SMILES string of the molecule is Cc1ccc(S(=O)(=O)NCCC(C)N)s1. The van der Waals surface area contributed by atoms with Crippen LogP contribution in [0.25, 0.3) is 0 Å². The van der Waals surface area contributed by atoms with Crippen molar-refractivity contribution < 1.29 is 8.42 Å². The molecule has 0 aliphatic carbocycles. The van der Waals surface area contributed by atoms with Crippen LogP contribution in [0, 0.1) is 6.92 Å². The highest BCUT2D eigenvalue weighted by atomic mass is 32.2. The number of thiophene rings is 1. The van der Waals surface area contributed by atoms with Gasteiger partial charge in [-0.25, -0.2) is 13.1 Å². The number of rotatable bonds is 5. The summed E-state index contributed by atoms with van der Waals surface area (Å²) in [7, 11) is -3.32. The highest BCUT2D eigenvalue weighted by Crippen LogP contribution is 2.20. The molecule has 1 aromatic rings. The fourth-order valence-corrected chi connectivity index (χ4v) is 3.42. The van der Waals surface area contributed by atoms with Crippen LogP contribution in [0.4, 0.5) is 0 Å². The summed E-state index contributed by atoms with van der Waals surface area (Å²) in [6.45, 7) is 4.12. The topological polar surface area (TPSA) is 72.2 Å². The lowest BCUT2D eigenvalue weighted by atomic mass is 10.3. The molecule has 0 spiro atoms. The van der Waals surface area contributed by atoms with E-state index in [-0.39, 0.29) is 6.04 Å². The molecule has 0 saturated heterocycles. The molecule has 4 nitrogen and oxygen atoms in total. The number of nitrogens with two attached hydrogens (primary N) is 1. The second-order valence-corrected chi connectivity index (χ2v) is 6.81. The smallest absolute Gasteiger partial charge is 0.250 e. The van der Waals surface area contributed by atoms with Crippen LogP contribution < -0.4 is 10.5 Å². The molecule has 0 bridgehead atoms. The molecule has 1 rings (SSSR count). The molecule has 15 heavy (non-hydrogen) atoms. The van der Waals surface area contributed by atoms with E-state index in [0.717, 1.165) is 4.88 Å². The highest BCUT2D eigenvalue weighted by molar-refractivity contribution is 7.91. The van der Waals surface area contributed by atoms with Gasteiger partial charge in [0.2, 0.25) is 10.0 Å². The van der Waals surface area contributed by atoms with Gasteiger partial charge in [-0.1, -0.05) is 0 Å². The van der Waals surface area contributed by atoms with Gasteiger partial charge in [-0.15, -0.1) is 11.3 Å². The van der Waals surface area contributed by atoms with E-state index < -0.39 is 10.0 Å². The maximum absolute atomic E-state index is 11.7. The van der Waals surface area contributed by atoms with Crippen molar-refractivity contribution in [3.63, 3.8) is 0 Å². The minimum atomic E-state index is -3.32. The Balaban J connectivity index is 2.60. The maximum Gasteiger partial charge on any atom is 0.250 e. The van der Waals surface area contributed by atoms with E-state index in [1.807, 2.05) is 13.8 Å². The standard InChI is InChI=1S/C9H16N2O2S2/c1-7(10)5-6-11-15(12,13)9-4-3-8(2)14-9/h3-4,7,11H,5-6,10H2,1-2H3. The van der Waals surface area contributed by atoms with E-state index in [1.54, 1.807) is 12.1 Å². The minimum Gasteiger partial charge on any atom is -0.328 e. The Hall–Kier alpha value is -0.430. The van der Waals surface area contributed by atoms with Crippen LogP contribution in [0.2, 0.25) is 0 Å². The number of aryl methyl sites for hydroxylation is 1. The second-order valence-electron chi connectivity index (χ2n) is 3.53. The van der Waals surface area contributed by atoms with Gasteiger partial charge in [0.1, 0.15) is 4.21 Å². The van der Waals surface area contributed by atoms with E-state index in [2.05, 4.69) is 4.72 Å². The van der Waals surface area contributed by atoms with Crippen molar-refractivity contribution in [3.05, 3.63) is 17.0 Å². The first-order valence-electron chi connectivity index (χ1n) is 4.73. The number of nitrogens with one attached hydrogen (secondary N) is 1. The van der Waals surface area contributed by atoms with Gasteiger partial charge in [0, 0.05) is 17.5 Å². The van der Waals surface area contributed by atoms with Crippen molar-refractivity contribution in [1.82, 2.24) is 4.72 Å². The maximum atomic E-state index is 11.7. The van der Waals surface area contributed by atoms with E-state index >= 15 is 0 Å². The van der Waals surface area contributed by atoms with Gasteiger partial charge in [-0.05, 0) is 32.4 Å². The quantitative estimate of drug-likeness (QED) is 0.819. The van der Waals surface area contributed by atoms with Gasteiger partial charge in [0.25, 0.3) is 0 Å². The van der Waals surface area contributed by atoms with Crippen molar-refractivity contribution in [2.24, 2.45) is 5.73 Å². The fourth-order valence-electron chi connectivity index (χ4n) is 1.05. The zero-order valence-electron chi connectivity index (χ0n) is 8.86. The van der Waals surface area contributed by atoms with E-state index in [4.69, 9.17) is 5.73 Å². The summed E-state index contributed by atoms with van der Waals surface area (Å²) in [5, 5.41) is 0. The van der Waals surface area contributed by atoms with Crippen LogP contribution in [0.1, 0.15) is 18.2 Å². The van der Waals surface area contributed by atoms with Crippen LogP contribution >= 0.6 is 11.3 Å². The third-order valence-corrected chi connectivity index (χ3v) is 4.83. The van der Waals surface area contributed by atoms with Crippen LogP contribution in [0.15, 0.2) is 16.3 Å². The Kier molecular flexibility index (Phi) is 4.27. The number of hydrogen-bond acceptors (Lipinski definition) is 4. The molecule has 0 aromatic carbocycles. The third kappa shape index (κ3) is 3.90. The monoisotopic (exact) mass is 248 g/mol. The van der Waals surface area contributed by atoms with E-state index in [9.17, 15) is 8.42 Å². The lowest BCUT2D eigenvalue weighted by Crippen LogP contribution is -2.28. The average Bonchev–Trinajstić information content (AvgIpc) is 2.51. The molecule has 0 radical (unpaired) electrons. The van der Waals surface area contributed by atoms with Crippen molar-refractivity contribution in [3.8, 4) is 0 Å². The molecule has 86 valence electrons. The van der Waals surface area contributed by atoms with Gasteiger partial charge in [-0.2, -0.15) is 0 Å². The van der Waals surface area contributed by atoms with E-state index in [0.29, 0.717) is 17.2 Å². The first kappa shape index (κ1) is 12.6. The zero-order valence-corrected chi connectivity index (χ0v) is 10.5. The molecule has 1 atom stereocenters. The first-order valence-corrected chi connectivity index (χ1v) is 7.03.